The van der Waals surface area contributed by atoms with Gasteiger partial charge < -0.3 is 15.1 Å². The van der Waals surface area contributed by atoms with Crippen molar-refractivity contribution in [3.8, 4) is 0 Å². The van der Waals surface area contributed by atoms with Crippen LogP contribution in [0.15, 0.2) is 65.6 Å². The molecule has 0 aliphatic carbocycles. The number of hydrogen-bond donors (Lipinski definition) is 1. The molecule has 0 unspecified atom stereocenters. The van der Waals surface area contributed by atoms with Crippen LogP contribution in [0.25, 0.3) is 0 Å². The second kappa shape index (κ2) is 9.19. The van der Waals surface area contributed by atoms with Crippen molar-refractivity contribution in [2.45, 2.75) is 10.1 Å². The molecule has 0 bridgehead atoms. The summed E-state index contributed by atoms with van der Waals surface area (Å²) < 4.78 is 26.4. The van der Waals surface area contributed by atoms with E-state index < -0.39 is 26.9 Å². The summed E-state index contributed by atoms with van der Waals surface area (Å²) in [4.78, 5) is 28.6. The average Bonchev–Trinajstić information content (AvgIpc) is 2.75. The van der Waals surface area contributed by atoms with Crippen molar-refractivity contribution in [1.82, 2.24) is 15.1 Å². The average molecular weight is 416 g/mol. The number of carbonyl (C=O) groups excluding carboxylic acids is 2. The highest BCUT2D eigenvalue weighted by atomic mass is 32.2. The monoisotopic (exact) mass is 415 g/mol. The summed E-state index contributed by atoms with van der Waals surface area (Å²) in [5.41, 5.74) is 0.559. The summed E-state index contributed by atoms with van der Waals surface area (Å²) >= 11 is 0. The van der Waals surface area contributed by atoms with Gasteiger partial charge in [0.25, 0.3) is 0 Å². The van der Waals surface area contributed by atoms with Crippen molar-refractivity contribution in [3.63, 3.8) is 0 Å². The lowest BCUT2D eigenvalue weighted by molar-refractivity contribution is -0.146. The second-order valence-electron chi connectivity index (χ2n) is 7.06. The van der Waals surface area contributed by atoms with E-state index in [1.54, 1.807) is 48.5 Å². The Morgan fingerprint density at radius 2 is 1.48 bits per heavy atom. The first kappa shape index (κ1) is 21.0. The van der Waals surface area contributed by atoms with E-state index in [1.165, 1.54) is 17.0 Å². The molecule has 8 heteroatoms. The zero-order valence-corrected chi connectivity index (χ0v) is 17.1. The van der Waals surface area contributed by atoms with Crippen molar-refractivity contribution in [2.24, 2.45) is 0 Å². The van der Waals surface area contributed by atoms with Gasteiger partial charge in [0.1, 0.15) is 5.25 Å². The summed E-state index contributed by atoms with van der Waals surface area (Å²) in [6.45, 7) is 2.18. The molecule has 1 atom stereocenters. The molecule has 0 spiro atoms. The summed E-state index contributed by atoms with van der Waals surface area (Å²) in [6.07, 6.45) is 0. The molecule has 2 aromatic carbocycles. The first-order valence-electron chi connectivity index (χ1n) is 9.49. The quantitative estimate of drug-likeness (QED) is 0.739. The van der Waals surface area contributed by atoms with Crippen LogP contribution in [-0.4, -0.2) is 69.8 Å². The van der Waals surface area contributed by atoms with Crippen molar-refractivity contribution in [3.05, 3.63) is 66.2 Å². The predicted molar refractivity (Wildman–Crippen MR) is 110 cm³/mol. The van der Waals surface area contributed by atoms with Crippen LogP contribution < -0.4 is 5.32 Å². The van der Waals surface area contributed by atoms with E-state index >= 15 is 0 Å². The molecule has 1 aliphatic heterocycles. The molecule has 154 valence electrons. The summed E-state index contributed by atoms with van der Waals surface area (Å²) in [7, 11) is -1.79. The minimum absolute atomic E-state index is 0.175. The lowest BCUT2D eigenvalue weighted by atomic mass is 10.1. The topological polar surface area (TPSA) is 86.8 Å². The highest BCUT2D eigenvalue weighted by molar-refractivity contribution is 7.91. The third-order valence-corrected chi connectivity index (χ3v) is 7.17. The van der Waals surface area contributed by atoms with Crippen molar-refractivity contribution in [1.29, 1.82) is 0 Å². The van der Waals surface area contributed by atoms with Crippen molar-refractivity contribution >= 4 is 21.7 Å². The largest absolute Gasteiger partial charge is 0.346 e. The Hall–Kier alpha value is -2.71. The normalized spacial score (nSPS) is 16.2. The number of amides is 2. The molecule has 7 nitrogen and oxygen atoms in total. The van der Waals surface area contributed by atoms with Crippen LogP contribution in [0.3, 0.4) is 0 Å². The molecule has 1 fully saturated rings. The van der Waals surface area contributed by atoms with Crippen LogP contribution >= 0.6 is 0 Å². The van der Waals surface area contributed by atoms with Crippen LogP contribution in [0, 0.1) is 0 Å². The molecule has 1 heterocycles. The molecule has 0 saturated carbocycles. The van der Waals surface area contributed by atoms with E-state index in [9.17, 15) is 18.0 Å². The van der Waals surface area contributed by atoms with E-state index in [0.29, 0.717) is 31.7 Å². The predicted octanol–water partition coefficient (Wildman–Crippen LogP) is 1.09. The standard InChI is InChI=1S/C21H25N3O4S/c1-23-12-14-24(15-13-23)21(26)20(25)22-16-19(17-8-4-2-5-9-17)29(27,28)18-10-6-3-7-11-18/h2-11,19H,12-16H2,1H3,(H,22,25)/t19-/m0/s1. The second-order valence-corrected chi connectivity index (χ2v) is 9.19. The van der Waals surface area contributed by atoms with E-state index in [4.69, 9.17) is 0 Å². The van der Waals surface area contributed by atoms with Gasteiger partial charge in [0, 0.05) is 32.7 Å². The summed E-state index contributed by atoms with van der Waals surface area (Å²) in [6, 6.07) is 16.8. The highest BCUT2D eigenvalue weighted by Gasteiger charge is 2.31. The number of carbonyl (C=O) groups is 2. The van der Waals surface area contributed by atoms with Crippen molar-refractivity contribution in [2.75, 3.05) is 39.8 Å². The first-order valence-corrected chi connectivity index (χ1v) is 11.0. The molecule has 0 aromatic heterocycles. The maximum atomic E-state index is 13.2. The van der Waals surface area contributed by atoms with Crippen molar-refractivity contribution < 1.29 is 18.0 Å². The maximum Gasteiger partial charge on any atom is 0.311 e. The lowest BCUT2D eigenvalue weighted by Crippen LogP contribution is -2.52. The number of hydrogen-bond acceptors (Lipinski definition) is 5. The third kappa shape index (κ3) is 5.02. The number of rotatable bonds is 5. The van der Waals surface area contributed by atoms with Gasteiger partial charge in [0.15, 0.2) is 9.84 Å². The number of benzene rings is 2. The fraction of sp³-hybridized carbons (Fsp3) is 0.333. The number of piperazine rings is 1. The van der Waals surface area contributed by atoms with Gasteiger partial charge in [-0.1, -0.05) is 48.5 Å². The molecule has 1 N–H and O–H groups in total. The fourth-order valence-electron chi connectivity index (χ4n) is 3.26. The molecule has 1 aliphatic rings. The fourth-order valence-corrected chi connectivity index (χ4v) is 4.95. The van der Waals surface area contributed by atoms with Crippen LogP contribution in [0.5, 0.6) is 0 Å². The van der Waals surface area contributed by atoms with Gasteiger partial charge in [0.05, 0.1) is 4.90 Å². The Morgan fingerprint density at radius 3 is 2.07 bits per heavy atom. The molecule has 2 amide bonds. The van der Waals surface area contributed by atoms with Crippen LogP contribution in [0.4, 0.5) is 0 Å². The Morgan fingerprint density at radius 1 is 0.931 bits per heavy atom. The Bertz CT molecular complexity index is 940. The van der Waals surface area contributed by atoms with Gasteiger partial charge in [-0.15, -0.1) is 0 Å². The summed E-state index contributed by atoms with van der Waals surface area (Å²) in [5, 5.41) is 1.55. The molecule has 2 aromatic rings. The zero-order valence-electron chi connectivity index (χ0n) is 16.3. The third-order valence-electron chi connectivity index (χ3n) is 5.05. The van der Waals surface area contributed by atoms with E-state index in [-0.39, 0.29) is 11.4 Å². The number of likely N-dealkylation sites (N-methyl/N-ethyl adjacent to an activating group) is 1. The number of nitrogens with zero attached hydrogens (tertiary/aromatic N) is 2. The highest BCUT2D eigenvalue weighted by Crippen LogP contribution is 2.28. The lowest BCUT2D eigenvalue weighted by Gasteiger charge is -2.32. The van der Waals surface area contributed by atoms with Gasteiger partial charge >= 0.3 is 11.8 Å². The Labute approximate surface area is 171 Å². The van der Waals surface area contributed by atoms with Gasteiger partial charge in [0.2, 0.25) is 0 Å². The Balaban J connectivity index is 1.76. The minimum Gasteiger partial charge on any atom is -0.346 e. The zero-order chi connectivity index (χ0) is 20.9. The van der Waals surface area contributed by atoms with Crippen LogP contribution in [0.2, 0.25) is 0 Å². The molecule has 29 heavy (non-hydrogen) atoms. The van der Waals surface area contributed by atoms with Gasteiger partial charge in [-0.25, -0.2) is 8.42 Å². The minimum atomic E-state index is -3.75. The number of sulfone groups is 1. The van der Waals surface area contributed by atoms with Crippen LogP contribution in [0.1, 0.15) is 10.8 Å². The van der Waals surface area contributed by atoms with E-state index in [1.807, 2.05) is 7.05 Å². The maximum absolute atomic E-state index is 13.2. The van der Waals surface area contributed by atoms with E-state index in [2.05, 4.69) is 10.2 Å². The van der Waals surface area contributed by atoms with Gasteiger partial charge in [-0.3, -0.25) is 9.59 Å². The van der Waals surface area contributed by atoms with Gasteiger partial charge in [-0.05, 0) is 24.7 Å². The van der Waals surface area contributed by atoms with Gasteiger partial charge in [-0.2, -0.15) is 0 Å². The molecule has 1 saturated heterocycles. The SMILES string of the molecule is CN1CCN(C(=O)C(=O)NC[C@@H](c2ccccc2)S(=O)(=O)c2ccccc2)CC1. The number of nitrogens with one attached hydrogen (secondary N) is 1. The summed E-state index contributed by atoms with van der Waals surface area (Å²) in [5.74, 6) is -1.40. The molecule has 3 rings (SSSR count). The first-order chi connectivity index (χ1) is 13.9. The van der Waals surface area contributed by atoms with Crippen LogP contribution in [-0.2, 0) is 19.4 Å². The Kier molecular flexibility index (Phi) is 6.66. The molecular formula is C21H25N3O4S. The van der Waals surface area contributed by atoms with E-state index in [0.717, 1.165) is 0 Å². The molecule has 0 radical (unpaired) electrons. The smallest absolute Gasteiger partial charge is 0.311 e. The molecular weight excluding hydrogens is 390 g/mol.